The van der Waals surface area contributed by atoms with Gasteiger partial charge in [-0.3, -0.25) is 4.79 Å². The molecule has 1 N–H and O–H groups in total. The lowest BCUT2D eigenvalue weighted by molar-refractivity contribution is -0.133. The SMILES string of the molecule is Cc1ccc(NC(=O)N(CC(=O)N(Cc2cccn2C)C2CC2)C2CCCCC2)c(C)c1. The zero-order valence-corrected chi connectivity index (χ0v) is 19.6. The lowest BCUT2D eigenvalue weighted by atomic mass is 9.94. The van der Waals surface area contributed by atoms with Gasteiger partial charge in [-0.1, -0.05) is 37.0 Å². The van der Waals surface area contributed by atoms with Crippen molar-refractivity contribution in [3.8, 4) is 0 Å². The lowest BCUT2D eigenvalue weighted by Gasteiger charge is -2.35. The molecule has 32 heavy (non-hydrogen) atoms. The van der Waals surface area contributed by atoms with Crippen LogP contribution in [0.3, 0.4) is 0 Å². The van der Waals surface area contributed by atoms with Crippen molar-refractivity contribution >= 4 is 17.6 Å². The minimum Gasteiger partial charge on any atom is -0.353 e. The second-order valence-electron chi connectivity index (χ2n) is 9.53. The lowest BCUT2D eigenvalue weighted by Crippen LogP contribution is -2.50. The van der Waals surface area contributed by atoms with E-state index in [2.05, 4.69) is 22.0 Å². The quantitative estimate of drug-likeness (QED) is 0.664. The maximum absolute atomic E-state index is 13.5. The van der Waals surface area contributed by atoms with E-state index >= 15 is 0 Å². The molecule has 6 nitrogen and oxygen atoms in total. The van der Waals surface area contributed by atoms with Crippen LogP contribution in [0.2, 0.25) is 0 Å². The first-order valence-corrected chi connectivity index (χ1v) is 12.0. The summed E-state index contributed by atoms with van der Waals surface area (Å²) >= 11 is 0. The van der Waals surface area contributed by atoms with Crippen molar-refractivity contribution < 1.29 is 9.59 Å². The fourth-order valence-corrected chi connectivity index (χ4v) is 4.78. The molecule has 0 bridgehead atoms. The van der Waals surface area contributed by atoms with Crippen LogP contribution in [0.1, 0.15) is 61.8 Å². The Kier molecular flexibility index (Phi) is 6.87. The number of urea groups is 1. The van der Waals surface area contributed by atoms with Crippen LogP contribution in [0.15, 0.2) is 36.5 Å². The predicted octanol–water partition coefficient (Wildman–Crippen LogP) is 5.00. The average molecular weight is 437 g/mol. The van der Waals surface area contributed by atoms with Crippen molar-refractivity contribution in [2.24, 2.45) is 7.05 Å². The van der Waals surface area contributed by atoms with Gasteiger partial charge in [-0.2, -0.15) is 0 Å². The molecule has 0 atom stereocenters. The Hall–Kier alpha value is -2.76. The third-order valence-electron chi connectivity index (χ3n) is 6.90. The summed E-state index contributed by atoms with van der Waals surface area (Å²) in [5.74, 6) is 0.0510. The van der Waals surface area contributed by atoms with Crippen LogP contribution in [0.5, 0.6) is 0 Å². The molecule has 2 fully saturated rings. The van der Waals surface area contributed by atoms with E-state index in [0.29, 0.717) is 12.6 Å². The van der Waals surface area contributed by atoms with E-state index in [9.17, 15) is 9.59 Å². The van der Waals surface area contributed by atoms with Crippen LogP contribution in [-0.2, 0) is 18.4 Å². The van der Waals surface area contributed by atoms with E-state index < -0.39 is 0 Å². The van der Waals surface area contributed by atoms with Gasteiger partial charge in [0.1, 0.15) is 6.54 Å². The van der Waals surface area contributed by atoms with E-state index in [4.69, 9.17) is 0 Å². The van der Waals surface area contributed by atoms with Crippen LogP contribution >= 0.6 is 0 Å². The fourth-order valence-electron chi connectivity index (χ4n) is 4.78. The second kappa shape index (κ2) is 9.80. The molecule has 0 saturated heterocycles. The van der Waals surface area contributed by atoms with Gasteiger partial charge in [-0.05, 0) is 63.3 Å². The number of benzene rings is 1. The van der Waals surface area contributed by atoms with Crippen molar-refractivity contribution in [1.29, 1.82) is 0 Å². The van der Waals surface area contributed by atoms with Gasteiger partial charge in [0.15, 0.2) is 0 Å². The Morgan fingerprint density at radius 2 is 1.72 bits per heavy atom. The van der Waals surface area contributed by atoms with Gasteiger partial charge in [-0.25, -0.2) is 4.79 Å². The summed E-state index contributed by atoms with van der Waals surface area (Å²) in [7, 11) is 2.01. The highest BCUT2D eigenvalue weighted by Gasteiger charge is 2.36. The maximum Gasteiger partial charge on any atom is 0.322 e. The van der Waals surface area contributed by atoms with Crippen molar-refractivity contribution in [3.63, 3.8) is 0 Å². The van der Waals surface area contributed by atoms with Gasteiger partial charge in [0.2, 0.25) is 5.91 Å². The molecule has 172 valence electrons. The Morgan fingerprint density at radius 1 is 1.00 bits per heavy atom. The summed E-state index contributed by atoms with van der Waals surface area (Å²) < 4.78 is 2.06. The number of amides is 3. The smallest absolute Gasteiger partial charge is 0.322 e. The number of aryl methyl sites for hydroxylation is 3. The molecule has 1 heterocycles. The number of hydrogen-bond acceptors (Lipinski definition) is 2. The van der Waals surface area contributed by atoms with Crippen molar-refractivity contribution in [1.82, 2.24) is 14.4 Å². The number of nitrogens with zero attached hydrogens (tertiary/aromatic N) is 3. The molecule has 2 aliphatic carbocycles. The summed E-state index contributed by atoms with van der Waals surface area (Å²) in [4.78, 5) is 30.7. The number of anilines is 1. The van der Waals surface area contributed by atoms with Crippen molar-refractivity contribution in [2.45, 2.75) is 77.4 Å². The number of rotatable bonds is 7. The van der Waals surface area contributed by atoms with Crippen LogP contribution in [-0.4, -0.2) is 44.9 Å². The van der Waals surface area contributed by atoms with Crippen molar-refractivity contribution in [3.05, 3.63) is 53.3 Å². The molecule has 1 aromatic carbocycles. The van der Waals surface area contributed by atoms with Gasteiger partial charge in [0.25, 0.3) is 0 Å². The van der Waals surface area contributed by atoms with Crippen molar-refractivity contribution in [2.75, 3.05) is 11.9 Å². The normalized spacial score (nSPS) is 16.6. The van der Waals surface area contributed by atoms with E-state index in [1.807, 2.05) is 50.2 Å². The number of carbonyl (C=O) groups excluding carboxylic acids is 2. The van der Waals surface area contributed by atoms with E-state index in [1.54, 1.807) is 4.90 Å². The first-order chi connectivity index (χ1) is 15.4. The maximum atomic E-state index is 13.5. The van der Waals surface area contributed by atoms with E-state index in [1.165, 1.54) is 12.0 Å². The number of nitrogens with one attached hydrogen (secondary N) is 1. The average Bonchev–Trinajstić information content (AvgIpc) is 3.54. The van der Waals surface area contributed by atoms with Gasteiger partial charge >= 0.3 is 6.03 Å². The van der Waals surface area contributed by atoms with Crippen LogP contribution < -0.4 is 5.32 Å². The minimum atomic E-state index is -0.160. The molecular formula is C26H36N4O2. The van der Waals surface area contributed by atoms with E-state index in [-0.39, 0.29) is 24.5 Å². The Labute approximate surface area is 191 Å². The monoisotopic (exact) mass is 436 g/mol. The predicted molar refractivity (Wildman–Crippen MR) is 127 cm³/mol. The molecular weight excluding hydrogens is 400 g/mol. The topological polar surface area (TPSA) is 57.6 Å². The Morgan fingerprint density at radius 3 is 2.34 bits per heavy atom. The Balaban J connectivity index is 1.50. The molecule has 4 rings (SSSR count). The third-order valence-corrected chi connectivity index (χ3v) is 6.90. The number of carbonyl (C=O) groups is 2. The molecule has 1 aromatic heterocycles. The highest BCUT2D eigenvalue weighted by Crippen LogP contribution is 2.30. The van der Waals surface area contributed by atoms with Gasteiger partial charge in [0, 0.05) is 36.7 Å². The van der Waals surface area contributed by atoms with Gasteiger partial charge < -0.3 is 19.7 Å². The van der Waals surface area contributed by atoms with Gasteiger partial charge in [0.05, 0.1) is 6.54 Å². The summed E-state index contributed by atoms with van der Waals surface area (Å²) in [6, 6.07) is 10.4. The highest BCUT2D eigenvalue weighted by atomic mass is 16.2. The summed E-state index contributed by atoms with van der Waals surface area (Å²) in [5.41, 5.74) is 4.14. The van der Waals surface area contributed by atoms with Crippen LogP contribution in [0.4, 0.5) is 10.5 Å². The molecule has 2 aromatic rings. The highest BCUT2D eigenvalue weighted by molar-refractivity contribution is 5.93. The summed E-state index contributed by atoms with van der Waals surface area (Å²) in [5, 5.41) is 3.09. The fraction of sp³-hybridized carbons (Fsp3) is 0.538. The summed E-state index contributed by atoms with van der Waals surface area (Å²) in [6.45, 7) is 4.80. The molecule has 2 saturated carbocycles. The minimum absolute atomic E-state index is 0.0510. The Bertz CT molecular complexity index is 956. The number of aromatic nitrogens is 1. The van der Waals surface area contributed by atoms with E-state index in [0.717, 1.165) is 55.5 Å². The van der Waals surface area contributed by atoms with Gasteiger partial charge in [-0.15, -0.1) is 0 Å². The molecule has 3 amide bonds. The number of hydrogen-bond donors (Lipinski definition) is 1. The first kappa shape index (κ1) is 22.4. The standard InChI is InChI=1S/C26H36N4O2/c1-19-11-14-24(20(2)16-19)27-26(32)30(21-8-5-4-6-9-21)18-25(31)29(22-12-13-22)17-23-10-7-15-28(23)3/h7,10-11,14-16,21-22H,4-6,8-9,12-13,17-18H2,1-3H3,(H,27,32). The third kappa shape index (κ3) is 5.34. The second-order valence-corrected chi connectivity index (χ2v) is 9.53. The molecule has 0 aliphatic heterocycles. The largest absolute Gasteiger partial charge is 0.353 e. The zero-order chi connectivity index (χ0) is 22.7. The van der Waals surface area contributed by atoms with Crippen LogP contribution in [0.25, 0.3) is 0 Å². The molecule has 0 spiro atoms. The molecule has 2 aliphatic rings. The summed E-state index contributed by atoms with van der Waals surface area (Å²) in [6.07, 6.45) is 9.48. The van der Waals surface area contributed by atoms with Crippen LogP contribution in [0, 0.1) is 13.8 Å². The molecule has 0 unspecified atom stereocenters. The zero-order valence-electron chi connectivity index (χ0n) is 19.6. The molecule has 0 radical (unpaired) electrons. The molecule has 6 heteroatoms. The first-order valence-electron chi connectivity index (χ1n) is 12.0.